The van der Waals surface area contributed by atoms with Crippen LogP contribution in [0.1, 0.15) is 30.2 Å². The van der Waals surface area contributed by atoms with Gasteiger partial charge in [-0.15, -0.1) is 0 Å². The van der Waals surface area contributed by atoms with Crippen molar-refractivity contribution in [3.63, 3.8) is 0 Å². The van der Waals surface area contributed by atoms with Gasteiger partial charge in [0.05, 0.1) is 18.0 Å². The van der Waals surface area contributed by atoms with Crippen molar-refractivity contribution in [2.45, 2.75) is 26.4 Å². The minimum atomic E-state index is 0.178. The van der Waals surface area contributed by atoms with Gasteiger partial charge in [-0.05, 0) is 26.0 Å². The van der Waals surface area contributed by atoms with Gasteiger partial charge in [0.15, 0.2) is 0 Å². The van der Waals surface area contributed by atoms with Crippen molar-refractivity contribution in [1.82, 2.24) is 10.5 Å². The highest BCUT2D eigenvalue weighted by Crippen LogP contribution is 2.13. The van der Waals surface area contributed by atoms with E-state index in [1.807, 2.05) is 32.0 Å². The lowest BCUT2D eigenvalue weighted by molar-refractivity contribution is 0.381. The molecule has 15 heavy (non-hydrogen) atoms. The normalized spacial score (nSPS) is 12.9. The van der Waals surface area contributed by atoms with Gasteiger partial charge >= 0.3 is 0 Å². The summed E-state index contributed by atoms with van der Waals surface area (Å²) in [5.41, 5.74) is 0.908. The topological polar surface area (TPSA) is 51.2 Å². The molecular formula is C11H14N2O2. The van der Waals surface area contributed by atoms with E-state index in [1.165, 1.54) is 0 Å². The predicted octanol–water partition coefficient (Wildman–Crippen LogP) is 2.43. The molecule has 0 aromatic carbocycles. The second-order valence-corrected chi connectivity index (χ2v) is 3.55. The zero-order valence-electron chi connectivity index (χ0n) is 8.86. The van der Waals surface area contributed by atoms with Crippen LogP contribution in [0.25, 0.3) is 0 Å². The number of rotatable bonds is 4. The Hall–Kier alpha value is -1.55. The molecular weight excluding hydrogens is 192 g/mol. The standard InChI is InChI=1S/C11H14N2O2/c1-8-6-10(13-15-8)7-12-9(2)11-4-3-5-14-11/h3-6,9,12H,7H2,1-2H3. The molecule has 1 unspecified atom stereocenters. The lowest BCUT2D eigenvalue weighted by Gasteiger charge is -2.08. The van der Waals surface area contributed by atoms with Crippen LogP contribution in [0.15, 0.2) is 33.4 Å². The zero-order valence-corrected chi connectivity index (χ0v) is 8.86. The molecule has 0 spiro atoms. The molecule has 2 aromatic rings. The predicted molar refractivity (Wildman–Crippen MR) is 55.2 cm³/mol. The molecule has 1 atom stereocenters. The molecule has 0 bridgehead atoms. The molecule has 2 heterocycles. The van der Waals surface area contributed by atoms with Gasteiger partial charge in [-0.1, -0.05) is 5.16 Å². The van der Waals surface area contributed by atoms with Gasteiger partial charge in [-0.25, -0.2) is 0 Å². The average Bonchev–Trinajstić information content (AvgIpc) is 2.84. The first-order valence-corrected chi connectivity index (χ1v) is 4.94. The summed E-state index contributed by atoms with van der Waals surface area (Å²) in [6.45, 7) is 4.61. The van der Waals surface area contributed by atoms with Crippen LogP contribution in [0, 0.1) is 6.92 Å². The highest BCUT2D eigenvalue weighted by Gasteiger charge is 2.08. The Balaban J connectivity index is 1.88. The number of aryl methyl sites for hydroxylation is 1. The molecule has 2 rings (SSSR count). The Morgan fingerprint density at radius 2 is 2.40 bits per heavy atom. The van der Waals surface area contributed by atoms with E-state index in [-0.39, 0.29) is 6.04 Å². The first-order valence-electron chi connectivity index (χ1n) is 4.94. The van der Waals surface area contributed by atoms with Crippen LogP contribution >= 0.6 is 0 Å². The summed E-state index contributed by atoms with van der Waals surface area (Å²) < 4.78 is 10.3. The van der Waals surface area contributed by atoms with Gasteiger partial charge < -0.3 is 14.3 Å². The number of nitrogens with one attached hydrogen (secondary N) is 1. The molecule has 0 aliphatic carbocycles. The molecule has 0 fully saturated rings. The molecule has 4 nitrogen and oxygen atoms in total. The average molecular weight is 206 g/mol. The maximum Gasteiger partial charge on any atom is 0.133 e. The summed E-state index contributed by atoms with van der Waals surface area (Å²) in [7, 11) is 0. The van der Waals surface area contributed by atoms with E-state index in [1.54, 1.807) is 6.26 Å². The number of nitrogens with zero attached hydrogens (tertiary/aromatic N) is 1. The summed E-state index contributed by atoms with van der Waals surface area (Å²) in [5.74, 6) is 1.76. The third-order valence-electron chi connectivity index (χ3n) is 2.24. The number of aromatic nitrogens is 1. The third kappa shape index (κ3) is 2.47. The van der Waals surface area contributed by atoms with Crippen molar-refractivity contribution >= 4 is 0 Å². The van der Waals surface area contributed by atoms with Crippen molar-refractivity contribution < 1.29 is 8.94 Å². The lowest BCUT2D eigenvalue weighted by atomic mass is 10.2. The van der Waals surface area contributed by atoms with Crippen molar-refractivity contribution in [2.75, 3.05) is 0 Å². The molecule has 0 aliphatic heterocycles. The van der Waals surface area contributed by atoms with Crippen molar-refractivity contribution in [3.05, 3.63) is 41.7 Å². The molecule has 0 saturated heterocycles. The van der Waals surface area contributed by atoms with Crippen LogP contribution in [-0.4, -0.2) is 5.16 Å². The van der Waals surface area contributed by atoms with Crippen LogP contribution in [-0.2, 0) is 6.54 Å². The second kappa shape index (κ2) is 4.31. The van der Waals surface area contributed by atoms with E-state index in [4.69, 9.17) is 8.94 Å². The van der Waals surface area contributed by atoms with E-state index < -0.39 is 0 Å². The largest absolute Gasteiger partial charge is 0.468 e. The van der Waals surface area contributed by atoms with Gasteiger partial charge in [0.25, 0.3) is 0 Å². The minimum Gasteiger partial charge on any atom is -0.468 e. The smallest absolute Gasteiger partial charge is 0.133 e. The van der Waals surface area contributed by atoms with Crippen LogP contribution in [0.2, 0.25) is 0 Å². The van der Waals surface area contributed by atoms with E-state index in [9.17, 15) is 0 Å². The maximum absolute atomic E-state index is 5.28. The van der Waals surface area contributed by atoms with Crippen LogP contribution in [0.3, 0.4) is 0 Å². The number of furan rings is 1. The number of hydrogen-bond acceptors (Lipinski definition) is 4. The summed E-state index contributed by atoms with van der Waals surface area (Å²) in [4.78, 5) is 0. The van der Waals surface area contributed by atoms with Gasteiger partial charge in [0.2, 0.25) is 0 Å². The highest BCUT2D eigenvalue weighted by atomic mass is 16.5. The molecule has 80 valence electrons. The first kappa shape index (κ1) is 9.98. The number of hydrogen-bond donors (Lipinski definition) is 1. The van der Waals surface area contributed by atoms with E-state index in [2.05, 4.69) is 10.5 Å². The summed E-state index contributed by atoms with van der Waals surface area (Å²) in [6.07, 6.45) is 1.67. The molecule has 0 aliphatic rings. The summed E-state index contributed by atoms with van der Waals surface area (Å²) >= 11 is 0. The SMILES string of the molecule is Cc1cc(CNC(C)c2ccco2)no1. The monoisotopic (exact) mass is 206 g/mol. The Labute approximate surface area is 88.3 Å². The van der Waals surface area contributed by atoms with Crippen molar-refractivity contribution in [1.29, 1.82) is 0 Å². The molecule has 4 heteroatoms. The van der Waals surface area contributed by atoms with Gasteiger partial charge in [-0.3, -0.25) is 0 Å². The fraction of sp³-hybridized carbons (Fsp3) is 0.364. The molecule has 0 radical (unpaired) electrons. The maximum atomic E-state index is 5.28. The molecule has 1 N–H and O–H groups in total. The van der Waals surface area contributed by atoms with E-state index in [0.717, 1.165) is 17.2 Å². The van der Waals surface area contributed by atoms with E-state index in [0.29, 0.717) is 6.54 Å². The lowest BCUT2D eigenvalue weighted by Crippen LogP contribution is -2.17. The second-order valence-electron chi connectivity index (χ2n) is 3.55. The van der Waals surface area contributed by atoms with Gasteiger partial charge in [-0.2, -0.15) is 0 Å². The zero-order chi connectivity index (χ0) is 10.7. The van der Waals surface area contributed by atoms with Crippen molar-refractivity contribution in [2.24, 2.45) is 0 Å². The Morgan fingerprint density at radius 3 is 3.00 bits per heavy atom. The fourth-order valence-corrected chi connectivity index (χ4v) is 1.40. The quantitative estimate of drug-likeness (QED) is 0.834. The van der Waals surface area contributed by atoms with Gasteiger partial charge in [0.1, 0.15) is 11.5 Å². The third-order valence-corrected chi connectivity index (χ3v) is 2.24. The molecule has 2 aromatic heterocycles. The Kier molecular flexibility index (Phi) is 2.87. The highest BCUT2D eigenvalue weighted by molar-refractivity contribution is 5.06. The summed E-state index contributed by atoms with van der Waals surface area (Å²) in [5, 5.41) is 7.20. The Bertz CT molecular complexity index is 406. The van der Waals surface area contributed by atoms with Crippen LogP contribution in [0.4, 0.5) is 0 Å². The fourth-order valence-electron chi connectivity index (χ4n) is 1.40. The van der Waals surface area contributed by atoms with Crippen molar-refractivity contribution in [3.8, 4) is 0 Å². The van der Waals surface area contributed by atoms with Gasteiger partial charge in [0, 0.05) is 12.6 Å². The molecule has 0 saturated carbocycles. The Morgan fingerprint density at radius 1 is 1.53 bits per heavy atom. The minimum absolute atomic E-state index is 0.178. The summed E-state index contributed by atoms with van der Waals surface area (Å²) in [6, 6.07) is 5.93. The van der Waals surface area contributed by atoms with Crippen LogP contribution in [0.5, 0.6) is 0 Å². The van der Waals surface area contributed by atoms with Crippen LogP contribution < -0.4 is 5.32 Å². The molecule has 0 amide bonds. The van der Waals surface area contributed by atoms with E-state index >= 15 is 0 Å². The first-order chi connectivity index (χ1) is 7.25.